The zero-order chi connectivity index (χ0) is 16.0. The predicted octanol–water partition coefficient (Wildman–Crippen LogP) is 4.21. The lowest BCUT2D eigenvalue weighted by Gasteiger charge is -2.13. The highest BCUT2D eigenvalue weighted by atomic mass is 35.5. The van der Waals surface area contributed by atoms with Crippen molar-refractivity contribution in [1.29, 1.82) is 0 Å². The molecule has 3 aromatic rings. The molecular formula is C18H12ClNO3. The van der Waals surface area contributed by atoms with Crippen LogP contribution < -0.4 is 0 Å². The Labute approximate surface area is 137 Å². The summed E-state index contributed by atoms with van der Waals surface area (Å²) >= 11 is 6.01. The smallest absolute Gasteiger partial charge is 0.335 e. The van der Waals surface area contributed by atoms with Crippen LogP contribution >= 0.6 is 11.6 Å². The average molecular weight is 326 g/mol. The molecule has 1 aliphatic rings. The Bertz CT molecular complexity index is 939. The zero-order valence-electron chi connectivity index (χ0n) is 12.0. The second-order valence-electron chi connectivity index (χ2n) is 5.52. The normalized spacial score (nSPS) is 16.5. The van der Waals surface area contributed by atoms with E-state index in [1.807, 2.05) is 30.3 Å². The monoisotopic (exact) mass is 325 g/mol. The highest BCUT2D eigenvalue weighted by Crippen LogP contribution is 2.37. The van der Waals surface area contributed by atoms with Crippen molar-refractivity contribution >= 4 is 28.5 Å². The fraction of sp³-hybridized carbons (Fsp3) is 0.111. The van der Waals surface area contributed by atoms with Crippen LogP contribution in [0.15, 0.2) is 48.7 Å². The van der Waals surface area contributed by atoms with E-state index in [4.69, 9.17) is 16.3 Å². The van der Waals surface area contributed by atoms with Gasteiger partial charge in [0.25, 0.3) is 0 Å². The second kappa shape index (κ2) is 5.33. The van der Waals surface area contributed by atoms with Gasteiger partial charge in [-0.2, -0.15) is 0 Å². The van der Waals surface area contributed by atoms with Crippen molar-refractivity contribution in [2.45, 2.75) is 12.7 Å². The SMILES string of the molecule is O=C(O)c1ccc2c(c1)C(c1ccc3ncc(Cl)cc3c1)OC2. The third-order valence-electron chi connectivity index (χ3n) is 4.06. The number of carboxylic acid groups (broad SMARTS) is 1. The molecule has 1 N–H and O–H groups in total. The maximum atomic E-state index is 11.2. The van der Waals surface area contributed by atoms with Gasteiger partial charge < -0.3 is 9.84 Å². The van der Waals surface area contributed by atoms with Gasteiger partial charge in [0.1, 0.15) is 6.10 Å². The summed E-state index contributed by atoms with van der Waals surface area (Å²) < 4.78 is 5.88. The number of halogens is 1. The van der Waals surface area contributed by atoms with Crippen LogP contribution in [0.4, 0.5) is 0 Å². The number of hydrogen-bond acceptors (Lipinski definition) is 3. The molecule has 23 heavy (non-hydrogen) atoms. The van der Waals surface area contributed by atoms with Crippen molar-refractivity contribution in [3.63, 3.8) is 0 Å². The second-order valence-corrected chi connectivity index (χ2v) is 5.95. The van der Waals surface area contributed by atoms with E-state index in [0.717, 1.165) is 27.6 Å². The number of rotatable bonds is 2. The van der Waals surface area contributed by atoms with Crippen LogP contribution in [0, 0.1) is 0 Å². The molecule has 114 valence electrons. The van der Waals surface area contributed by atoms with Gasteiger partial charge in [-0.15, -0.1) is 0 Å². The van der Waals surface area contributed by atoms with E-state index in [1.165, 1.54) is 0 Å². The first kappa shape index (κ1) is 14.2. The fourth-order valence-electron chi connectivity index (χ4n) is 2.93. The van der Waals surface area contributed by atoms with Crippen LogP contribution in [-0.4, -0.2) is 16.1 Å². The third kappa shape index (κ3) is 2.46. The number of ether oxygens (including phenoxy) is 1. The summed E-state index contributed by atoms with van der Waals surface area (Å²) in [5.41, 5.74) is 4.01. The van der Waals surface area contributed by atoms with Gasteiger partial charge in [0, 0.05) is 11.6 Å². The molecule has 2 aromatic carbocycles. The van der Waals surface area contributed by atoms with E-state index in [9.17, 15) is 9.90 Å². The lowest BCUT2D eigenvalue weighted by Crippen LogP contribution is -2.02. The molecule has 1 atom stereocenters. The summed E-state index contributed by atoms with van der Waals surface area (Å²) in [5, 5.41) is 10.7. The van der Waals surface area contributed by atoms with Crippen LogP contribution in [0.25, 0.3) is 10.9 Å². The molecule has 5 heteroatoms. The number of aromatic carboxylic acids is 1. The van der Waals surface area contributed by atoms with Gasteiger partial charge in [0.2, 0.25) is 0 Å². The van der Waals surface area contributed by atoms with Gasteiger partial charge in [0.15, 0.2) is 0 Å². The lowest BCUT2D eigenvalue weighted by atomic mass is 9.96. The summed E-state index contributed by atoms with van der Waals surface area (Å²) in [6.07, 6.45) is 1.34. The van der Waals surface area contributed by atoms with Gasteiger partial charge in [0.05, 0.1) is 22.7 Å². The fourth-order valence-corrected chi connectivity index (χ4v) is 3.09. The molecule has 1 aromatic heterocycles. The van der Waals surface area contributed by atoms with Crippen LogP contribution in [0.3, 0.4) is 0 Å². The molecule has 0 bridgehead atoms. The predicted molar refractivity (Wildman–Crippen MR) is 86.8 cm³/mol. The summed E-state index contributed by atoms with van der Waals surface area (Å²) in [7, 11) is 0. The van der Waals surface area contributed by atoms with E-state index in [0.29, 0.717) is 11.6 Å². The first-order valence-corrected chi connectivity index (χ1v) is 7.52. The minimum atomic E-state index is -0.937. The lowest BCUT2D eigenvalue weighted by molar-refractivity contribution is 0.0696. The Morgan fingerprint density at radius 1 is 1.22 bits per heavy atom. The number of fused-ring (bicyclic) bond motifs is 2. The first-order chi connectivity index (χ1) is 11.1. The van der Waals surface area contributed by atoms with E-state index < -0.39 is 5.97 Å². The minimum absolute atomic E-state index is 0.268. The molecule has 0 saturated heterocycles. The summed E-state index contributed by atoms with van der Waals surface area (Å²) in [6, 6.07) is 12.8. The van der Waals surface area contributed by atoms with Crippen molar-refractivity contribution in [2.24, 2.45) is 0 Å². The Morgan fingerprint density at radius 2 is 2.09 bits per heavy atom. The van der Waals surface area contributed by atoms with Gasteiger partial charge >= 0.3 is 5.97 Å². The van der Waals surface area contributed by atoms with Crippen molar-refractivity contribution in [3.8, 4) is 0 Å². The molecule has 0 radical (unpaired) electrons. The Kier molecular flexibility index (Phi) is 3.29. The van der Waals surface area contributed by atoms with E-state index in [-0.39, 0.29) is 11.7 Å². The largest absolute Gasteiger partial charge is 0.478 e. The Hall–Kier alpha value is -2.43. The van der Waals surface area contributed by atoms with E-state index >= 15 is 0 Å². The third-order valence-corrected chi connectivity index (χ3v) is 4.26. The summed E-state index contributed by atoms with van der Waals surface area (Å²) in [4.78, 5) is 15.5. The molecule has 1 aliphatic heterocycles. The van der Waals surface area contributed by atoms with Crippen molar-refractivity contribution in [2.75, 3.05) is 0 Å². The first-order valence-electron chi connectivity index (χ1n) is 7.15. The molecule has 0 aliphatic carbocycles. The minimum Gasteiger partial charge on any atom is -0.478 e. The molecule has 0 amide bonds. The van der Waals surface area contributed by atoms with Crippen LogP contribution in [-0.2, 0) is 11.3 Å². The number of pyridine rings is 1. The number of hydrogen-bond donors (Lipinski definition) is 1. The molecule has 0 spiro atoms. The topological polar surface area (TPSA) is 59.4 Å². The summed E-state index contributed by atoms with van der Waals surface area (Å²) in [5.74, 6) is -0.937. The molecule has 4 rings (SSSR count). The van der Waals surface area contributed by atoms with Gasteiger partial charge in [-0.3, -0.25) is 4.98 Å². The molecule has 0 saturated carbocycles. The molecule has 0 fully saturated rings. The number of nitrogens with zero attached hydrogens (tertiary/aromatic N) is 1. The van der Waals surface area contributed by atoms with Crippen molar-refractivity contribution < 1.29 is 14.6 Å². The van der Waals surface area contributed by atoms with Gasteiger partial charge in [-0.05, 0) is 47.0 Å². The number of carbonyl (C=O) groups is 1. The average Bonchev–Trinajstić information content (AvgIpc) is 2.97. The quantitative estimate of drug-likeness (QED) is 0.767. The molecule has 4 nitrogen and oxygen atoms in total. The van der Waals surface area contributed by atoms with Crippen LogP contribution in [0.1, 0.15) is 33.2 Å². The molecule has 2 heterocycles. The Balaban J connectivity index is 1.81. The zero-order valence-corrected chi connectivity index (χ0v) is 12.7. The standard InChI is InChI=1S/C18H12ClNO3/c19-14-6-13-5-10(3-4-16(13)20-8-14)17-15-7-11(18(21)22)1-2-12(15)9-23-17/h1-8,17H,9H2,(H,21,22). The van der Waals surface area contributed by atoms with Crippen molar-refractivity contribution in [1.82, 2.24) is 4.98 Å². The summed E-state index contributed by atoms with van der Waals surface area (Å²) in [6.45, 7) is 0.478. The van der Waals surface area contributed by atoms with Crippen LogP contribution in [0.5, 0.6) is 0 Å². The number of aromatic nitrogens is 1. The van der Waals surface area contributed by atoms with Crippen molar-refractivity contribution in [3.05, 3.63) is 75.9 Å². The number of benzene rings is 2. The highest BCUT2D eigenvalue weighted by molar-refractivity contribution is 6.31. The highest BCUT2D eigenvalue weighted by Gasteiger charge is 2.26. The Morgan fingerprint density at radius 3 is 2.91 bits per heavy atom. The van der Waals surface area contributed by atoms with Gasteiger partial charge in [-0.25, -0.2) is 4.79 Å². The maximum absolute atomic E-state index is 11.2. The van der Waals surface area contributed by atoms with Gasteiger partial charge in [-0.1, -0.05) is 23.7 Å². The number of carboxylic acids is 1. The van der Waals surface area contributed by atoms with E-state index in [2.05, 4.69) is 4.98 Å². The molecule has 1 unspecified atom stereocenters. The van der Waals surface area contributed by atoms with Crippen LogP contribution in [0.2, 0.25) is 5.02 Å². The maximum Gasteiger partial charge on any atom is 0.335 e. The van der Waals surface area contributed by atoms with E-state index in [1.54, 1.807) is 18.3 Å². The molecular weight excluding hydrogens is 314 g/mol.